The Balaban J connectivity index is 1.79. The number of amides is 3. The molecule has 0 aromatic carbocycles. The monoisotopic (exact) mass is 227 g/mol. The van der Waals surface area contributed by atoms with Gasteiger partial charge in [0.1, 0.15) is 0 Å². The summed E-state index contributed by atoms with van der Waals surface area (Å²) in [6.07, 6.45) is 0.696. The Morgan fingerprint density at radius 2 is 2.25 bits per heavy atom. The summed E-state index contributed by atoms with van der Waals surface area (Å²) in [5, 5.41) is 12.4. The number of hydrogen-bond acceptors (Lipinski definition) is 4. The molecule has 2 aliphatic rings. The zero-order valence-electron chi connectivity index (χ0n) is 9.40. The van der Waals surface area contributed by atoms with E-state index in [4.69, 9.17) is 0 Å². The minimum absolute atomic E-state index is 0.187. The fourth-order valence-corrected chi connectivity index (χ4v) is 2.11. The zero-order valence-corrected chi connectivity index (χ0v) is 9.40. The molecule has 0 radical (unpaired) electrons. The normalized spacial score (nSPS) is 24.1. The highest BCUT2D eigenvalue weighted by Gasteiger charge is 2.41. The zero-order chi connectivity index (χ0) is 11.8. The van der Waals surface area contributed by atoms with Crippen molar-refractivity contribution in [2.75, 3.05) is 32.7 Å². The van der Waals surface area contributed by atoms with Crippen molar-refractivity contribution in [2.45, 2.75) is 18.9 Å². The van der Waals surface area contributed by atoms with Crippen LogP contribution in [-0.2, 0) is 4.79 Å². The molecule has 2 saturated heterocycles. The molecule has 0 aliphatic carbocycles. The maximum atomic E-state index is 11.7. The second kappa shape index (κ2) is 4.03. The lowest BCUT2D eigenvalue weighted by Crippen LogP contribution is -2.63. The molecular formula is C10H17N3O3. The molecule has 3 amide bonds. The van der Waals surface area contributed by atoms with Gasteiger partial charge in [-0.05, 0) is 6.42 Å². The quantitative estimate of drug-likeness (QED) is 0.648. The summed E-state index contributed by atoms with van der Waals surface area (Å²) in [6.45, 7) is 4.16. The van der Waals surface area contributed by atoms with Crippen molar-refractivity contribution in [2.24, 2.45) is 0 Å². The molecule has 16 heavy (non-hydrogen) atoms. The minimum atomic E-state index is -0.631. The number of likely N-dealkylation sites (tertiary alicyclic amines) is 1. The van der Waals surface area contributed by atoms with Crippen molar-refractivity contribution >= 4 is 11.9 Å². The summed E-state index contributed by atoms with van der Waals surface area (Å²) in [5.41, 5.74) is -0.631. The Kier molecular flexibility index (Phi) is 2.86. The summed E-state index contributed by atoms with van der Waals surface area (Å²) >= 11 is 0. The third-order valence-corrected chi connectivity index (χ3v) is 3.21. The number of β-amino-alcohol motifs (C(OH)–C–C–N with tert-alkyl or cyclic N) is 1. The average molecular weight is 227 g/mol. The van der Waals surface area contributed by atoms with Gasteiger partial charge in [-0.15, -0.1) is 0 Å². The number of aliphatic hydroxyl groups is 1. The Hall–Kier alpha value is -1.14. The van der Waals surface area contributed by atoms with Gasteiger partial charge in [0.05, 0.1) is 12.1 Å². The van der Waals surface area contributed by atoms with E-state index in [-0.39, 0.29) is 18.5 Å². The van der Waals surface area contributed by atoms with Gasteiger partial charge in [0.25, 0.3) is 0 Å². The van der Waals surface area contributed by atoms with Crippen LogP contribution in [0.4, 0.5) is 4.79 Å². The van der Waals surface area contributed by atoms with Crippen LogP contribution in [0.3, 0.4) is 0 Å². The van der Waals surface area contributed by atoms with Crippen LogP contribution in [0.5, 0.6) is 0 Å². The van der Waals surface area contributed by atoms with Crippen molar-refractivity contribution in [3.63, 3.8) is 0 Å². The van der Waals surface area contributed by atoms with Crippen LogP contribution in [0.1, 0.15) is 13.3 Å². The van der Waals surface area contributed by atoms with Crippen molar-refractivity contribution in [3.05, 3.63) is 0 Å². The molecule has 0 atom stereocenters. The number of nitrogens with one attached hydrogen (secondary N) is 1. The number of hydrogen-bond donors (Lipinski definition) is 2. The standard InChI is InChI=1S/C10H17N3O3/c1-2-10(16)6-12(7-10)5-8(14)13-4-3-11-9(13)15/h16H,2-7H2,1H3,(H,11,15). The number of carbonyl (C=O) groups is 2. The summed E-state index contributed by atoms with van der Waals surface area (Å²) in [5.74, 6) is -0.187. The first-order valence-corrected chi connectivity index (χ1v) is 5.57. The molecular weight excluding hydrogens is 210 g/mol. The Morgan fingerprint density at radius 3 is 2.75 bits per heavy atom. The first-order chi connectivity index (χ1) is 7.54. The van der Waals surface area contributed by atoms with Crippen LogP contribution < -0.4 is 5.32 Å². The highest BCUT2D eigenvalue weighted by atomic mass is 16.3. The molecule has 2 aliphatic heterocycles. The molecule has 90 valence electrons. The molecule has 0 bridgehead atoms. The lowest BCUT2D eigenvalue weighted by molar-refractivity contribution is -0.138. The second-order valence-corrected chi connectivity index (χ2v) is 4.50. The van der Waals surface area contributed by atoms with E-state index < -0.39 is 5.60 Å². The summed E-state index contributed by atoms with van der Waals surface area (Å²) in [7, 11) is 0. The van der Waals surface area contributed by atoms with Gasteiger partial charge < -0.3 is 10.4 Å². The SMILES string of the molecule is CCC1(O)CN(CC(=O)N2CCNC2=O)C1. The number of imide groups is 1. The maximum absolute atomic E-state index is 11.7. The first-order valence-electron chi connectivity index (χ1n) is 5.57. The van der Waals surface area contributed by atoms with E-state index in [9.17, 15) is 14.7 Å². The van der Waals surface area contributed by atoms with Gasteiger partial charge in [-0.3, -0.25) is 14.6 Å². The summed E-state index contributed by atoms with van der Waals surface area (Å²) in [4.78, 5) is 26.0. The van der Waals surface area contributed by atoms with Gasteiger partial charge >= 0.3 is 6.03 Å². The van der Waals surface area contributed by atoms with Gasteiger partial charge in [-0.2, -0.15) is 0 Å². The predicted octanol–water partition coefficient (Wildman–Crippen LogP) is -1.01. The van der Waals surface area contributed by atoms with E-state index in [2.05, 4.69) is 5.32 Å². The second-order valence-electron chi connectivity index (χ2n) is 4.50. The Labute approximate surface area is 94.2 Å². The third kappa shape index (κ3) is 2.03. The van der Waals surface area contributed by atoms with E-state index >= 15 is 0 Å². The van der Waals surface area contributed by atoms with Crippen molar-refractivity contribution in [1.29, 1.82) is 0 Å². The van der Waals surface area contributed by atoms with Crippen LogP contribution in [0.25, 0.3) is 0 Å². The number of nitrogens with zero attached hydrogens (tertiary/aromatic N) is 2. The highest BCUT2D eigenvalue weighted by Crippen LogP contribution is 2.23. The molecule has 0 saturated carbocycles. The summed E-state index contributed by atoms with van der Waals surface area (Å²) in [6, 6.07) is -0.309. The van der Waals surface area contributed by atoms with Gasteiger partial charge in [0.2, 0.25) is 5.91 Å². The Bertz CT molecular complexity index is 312. The number of rotatable bonds is 3. The lowest BCUT2D eigenvalue weighted by atomic mass is 9.91. The maximum Gasteiger partial charge on any atom is 0.324 e. The molecule has 0 aromatic rings. The molecule has 2 fully saturated rings. The van der Waals surface area contributed by atoms with Crippen LogP contribution in [0.15, 0.2) is 0 Å². The van der Waals surface area contributed by atoms with Gasteiger partial charge in [0.15, 0.2) is 0 Å². The van der Waals surface area contributed by atoms with Crippen LogP contribution in [0.2, 0.25) is 0 Å². The molecule has 2 heterocycles. The lowest BCUT2D eigenvalue weighted by Gasteiger charge is -2.45. The molecule has 0 unspecified atom stereocenters. The molecule has 6 heteroatoms. The average Bonchev–Trinajstić information content (AvgIpc) is 2.61. The van der Waals surface area contributed by atoms with Gasteiger partial charge in [-0.1, -0.05) is 6.92 Å². The molecule has 0 spiro atoms. The largest absolute Gasteiger partial charge is 0.387 e. The van der Waals surface area contributed by atoms with Crippen LogP contribution >= 0.6 is 0 Å². The van der Waals surface area contributed by atoms with Crippen LogP contribution in [0, 0.1) is 0 Å². The van der Waals surface area contributed by atoms with E-state index in [1.165, 1.54) is 4.90 Å². The fourth-order valence-electron chi connectivity index (χ4n) is 2.11. The smallest absolute Gasteiger partial charge is 0.324 e. The molecule has 6 nitrogen and oxygen atoms in total. The van der Waals surface area contributed by atoms with E-state index in [0.29, 0.717) is 32.6 Å². The van der Waals surface area contributed by atoms with Gasteiger partial charge in [0, 0.05) is 26.2 Å². The molecule has 2 N–H and O–H groups in total. The van der Waals surface area contributed by atoms with E-state index in [1.807, 2.05) is 11.8 Å². The van der Waals surface area contributed by atoms with Gasteiger partial charge in [-0.25, -0.2) is 4.79 Å². The molecule has 0 aromatic heterocycles. The van der Waals surface area contributed by atoms with E-state index in [1.54, 1.807) is 0 Å². The first kappa shape index (κ1) is 11.3. The predicted molar refractivity (Wildman–Crippen MR) is 56.8 cm³/mol. The van der Waals surface area contributed by atoms with E-state index in [0.717, 1.165) is 0 Å². The van der Waals surface area contributed by atoms with Crippen molar-refractivity contribution in [3.8, 4) is 0 Å². The Morgan fingerprint density at radius 1 is 1.56 bits per heavy atom. The fraction of sp³-hybridized carbons (Fsp3) is 0.800. The van der Waals surface area contributed by atoms with Crippen molar-refractivity contribution < 1.29 is 14.7 Å². The number of urea groups is 1. The number of carbonyl (C=O) groups excluding carboxylic acids is 2. The summed E-state index contributed by atoms with van der Waals surface area (Å²) < 4.78 is 0. The molecule has 2 rings (SSSR count). The third-order valence-electron chi connectivity index (χ3n) is 3.21. The highest BCUT2D eigenvalue weighted by molar-refractivity contribution is 5.96. The minimum Gasteiger partial charge on any atom is -0.387 e. The topological polar surface area (TPSA) is 72.9 Å². The van der Waals surface area contributed by atoms with Crippen molar-refractivity contribution in [1.82, 2.24) is 15.1 Å². The van der Waals surface area contributed by atoms with Crippen LogP contribution in [-0.4, -0.2) is 65.2 Å².